The van der Waals surface area contributed by atoms with Crippen molar-refractivity contribution in [3.8, 4) is 0 Å². The summed E-state index contributed by atoms with van der Waals surface area (Å²) in [5.74, 6) is -0.677. The number of rotatable bonds is 2. The Kier molecular flexibility index (Phi) is 2.13. The number of amides is 1. The van der Waals surface area contributed by atoms with Crippen molar-refractivity contribution < 1.29 is 14.7 Å². The number of carboxylic acids is 1. The summed E-state index contributed by atoms with van der Waals surface area (Å²) < 4.78 is 0. The second kappa shape index (κ2) is 3.14. The number of fused-ring (bicyclic) bond motifs is 1. The van der Waals surface area contributed by atoms with Gasteiger partial charge < -0.3 is 15.7 Å². The normalized spacial score (nSPS) is 44.7. The molecule has 1 aliphatic heterocycles. The van der Waals surface area contributed by atoms with Gasteiger partial charge in [-0.25, -0.2) is 4.79 Å². The molecule has 0 bridgehead atoms. The van der Waals surface area contributed by atoms with Crippen LogP contribution in [0.2, 0.25) is 0 Å². The highest BCUT2D eigenvalue weighted by Crippen LogP contribution is 2.66. The van der Waals surface area contributed by atoms with E-state index in [0.29, 0.717) is 18.9 Å². The van der Waals surface area contributed by atoms with Gasteiger partial charge >= 0.3 is 5.97 Å². The van der Waals surface area contributed by atoms with Crippen molar-refractivity contribution in [2.45, 2.75) is 45.7 Å². The van der Waals surface area contributed by atoms with E-state index in [1.54, 1.807) is 0 Å². The smallest absolute Gasteiger partial charge is 0.326 e. The van der Waals surface area contributed by atoms with E-state index in [9.17, 15) is 14.7 Å². The molecule has 3 rings (SSSR count). The minimum absolute atomic E-state index is 0.0423. The van der Waals surface area contributed by atoms with Crippen molar-refractivity contribution >= 4 is 11.9 Å². The lowest BCUT2D eigenvalue weighted by Crippen LogP contribution is -2.54. The molecule has 2 saturated carbocycles. The third-order valence-electron chi connectivity index (χ3n) is 5.91. The van der Waals surface area contributed by atoms with Crippen LogP contribution < -0.4 is 5.73 Å². The van der Waals surface area contributed by atoms with E-state index in [4.69, 9.17) is 5.73 Å². The minimum Gasteiger partial charge on any atom is -0.480 e. The van der Waals surface area contributed by atoms with Gasteiger partial charge in [-0.3, -0.25) is 4.79 Å². The summed E-state index contributed by atoms with van der Waals surface area (Å²) in [4.78, 5) is 25.6. The summed E-state index contributed by atoms with van der Waals surface area (Å²) >= 11 is 0. The number of carboxylic acid groups (broad SMARTS) is 1. The summed E-state index contributed by atoms with van der Waals surface area (Å²) in [6.45, 7) is 8.63. The highest BCUT2D eigenvalue weighted by atomic mass is 16.4. The molecule has 4 atom stereocenters. The van der Waals surface area contributed by atoms with Crippen LogP contribution in [-0.2, 0) is 9.59 Å². The number of nitrogens with zero attached hydrogens (tertiary/aromatic N) is 1. The average Bonchev–Trinajstić information content (AvgIpc) is 2.90. The quantitative estimate of drug-likeness (QED) is 0.770. The molecule has 0 aromatic carbocycles. The van der Waals surface area contributed by atoms with Crippen LogP contribution in [0.5, 0.6) is 0 Å². The van der Waals surface area contributed by atoms with Crippen molar-refractivity contribution in [2.24, 2.45) is 28.4 Å². The van der Waals surface area contributed by atoms with Gasteiger partial charge in [-0.05, 0) is 23.2 Å². The van der Waals surface area contributed by atoms with E-state index < -0.39 is 17.6 Å². The Morgan fingerprint density at radius 3 is 2.21 bits per heavy atom. The second-order valence-corrected chi connectivity index (χ2v) is 7.73. The molecule has 1 amide bonds. The molecule has 0 spiro atoms. The van der Waals surface area contributed by atoms with Crippen LogP contribution in [0.15, 0.2) is 0 Å². The Bertz CT molecular complexity index is 485. The fourth-order valence-corrected chi connectivity index (χ4v) is 4.05. The molecule has 5 nitrogen and oxygen atoms in total. The first-order valence-electron chi connectivity index (χ1n) is 6.87. The first kappa shape index (κ1) is 12.9. The standard InChI is InChI=1S/C14H22N2O3/c1-12(2)6-14(12,15)11(19)16-5-7-8(13(7,3)4)9(16)10(17)18/h7-9H,5-6,15H2,1-4H3,(H,17,18)/t7-,8-,9-,14?/m0/s1. The molecule has 0 radical (unpaired) electrons. The van der Waals surface area contributed by atoms with Crippen molar-refractivity contribution in [3.63, 3.8) is 0 Å². The number of piperidine rings is 1. The molecule has 1 heterocycles. The molecule has 3 N–H and O–H groups in total. The number of nitrogens with two attached hydrogens (primary N) is 1. The number of carbonyl (C=O) groups is 2. The minimum atomic E-state index is -0.895. The van der Waals surface area contributed by atoms with Crippen LogP contribution in [0.4, 0.5) is 0 Å². The summed E-state index contributed by atoms with van der Waals surface area (Å²) in [7, 11) is 0. The molecule has 3 fully saturated rings. The van der Waals surface area contributed by atoms with Crippen LogP contribution in [-0.4, -0.2) is 40.0 Å². The maximum absolute atomic E-state index is 12.6. The second-order valence-electron chi connectivity index (χ2n) is 7.73. The van der Waals surface area contributed by atoms with Gasteiger partial charge in [-0.2, -0.15) is 0 Å². The predicted molar refractivity (Wildman–Crippen MR) is 69.2 cm³/mol. The molecule has 1 unspecified atom stereocenters. The van der Waals surface area contributed by atoms with Crippen LogP contribution in [0, 0.1) is 22.7 Å². The third-order valence-corrected chi connectivity index (χ3v) is 5.91. The van der Waals surface area contributed by atoms with E-state index in [-0.39, 0.29) is 22.7 Å². The Hall–Kier alpha value is -1.10. The average molecular weight is 266 g/mol. The molecular weight excluding hydrogens is 244 g/mol. The van der Waals surface area contributed by atoms with Crippen molar-refractivity contribution in [2.75, 3.05) is 6.54 Å². The third kappa shape index (κ3) is 1.39. The van der Waals surface area contributed by atoms with Gasteiger partial charge in [0.05, 0.1) is 0 Å². The molecule has 19 heavy (non-hydrogen) atoms. The molecule has 5 heteroatoms. The monoisotopic (exact) mass is 266 g/mol. The van der Waals surface area contributed by atoms with Crippen LogP contribution in [0.1, 0.15) is 34.1 Å². The van der Waals surface area contributed by atoms with Crippen LogP contribution in [0.3, 0.4) is 0 Å². The maximum atomic E-state index is 12.6. The molecule has 0 aromatic rings. The van der Waals surface area contributed by atoms with Gasteiger partial charge in [0, 0.05) is 12.5 Å². The van der Waals surface area contributed by atoms with Gasteiger partial charge in [0.1, 0.15) is 11.6 Å². The van der Waals surface area contributed by atoms with E-state index in [1.807, 2.05) is 13.8 Å². The van der Waals surface area contributed by atoms with Gasteiger partial charge in [0.2, 0.25) is 5.91 Å². The Morgan fingerprint density at radius 1 is 1.26 bits per heavy atom. The number of hydrogen-bond donors (Lipinski definition) is 2. The van der Waals surface area contributed by atoms with Gasteiger partial charge in [-0.1, -0.05) is 27.7 Å². The summed E-state index contributed by atoms with van der Waals surface area (Å²) in [6, 6.07) is -0.690. The number of likely N-dealkylation sites (tertiary alicyclic amines) is 1. The van der Waals surface area contributed by atoms with E-state index in [2.05, 4.69) is 13.8 Å². The first-order valence-corrected chi connectivity index (χ1v) is 6.87. The molecular formula is C14H22N2O3. The fourth-order valence-electron chi connectivity index (χ4n) is 4.05. The van der Waals surface area contributed by atoms with Crippen molar-refractivity contribution in [1.29, 1.82) is 0 Å². The Labute approximate surface area is 113 Å². The van der Waals surface area contributed by atoms with Crippen molar-refractivity contribution in [1.82, 2.24) is 4.90 Å². The number of aliphatic carboxylic acids is 1. The van der Waals surface area contributed by atoms with Crippen LogP contribution in [0.25, 0.3) is 0 Å². The molecule has 2 aliphatic carbocycles. The van der Waals surface area contributed by atoms with Crippen LogP contribution >= 0.6 is 0 Å². The topological polar surface area (TPSA) is 83.6 Å². The zero-order valence-corrected chi connectivity index (χ0v) is 11.9. The van der Waals surface area contributed by atoms with Gasteiger partial charge in [-0.15, -0.1) is 0 Å². The zero-order valence-electron chi connectivity index (χ0n) is 11.9. The first-order chi connectivity index (χ1) is 8.54. The molecule has 106 valence electrons. The molecule has 1 saturated heterocycles. The summed E-state index contributed by atoms with van der Waals surface area (Å²) in [5, 5.41) is 9.44. The SMILES string of the molecule is CC1(C)[C@@H]2[C@@H](C(=O)O)N(C(=O)C3(N)CC3(C)C)C[C@@H]21. The Morgan fingerprint density at radius 2 is 1.79 bits per heavy atom. The summed E-state index contributed by atoms with van der Waals surface area (Å²) in [5.41, 5.74) is 5.12. The highest BCUT2D eigenvalue weighted by molar-refractivity contribution is 5.94. The number of carbonyl (C=O) groups excluding carboxylic acids is 1. The van der Waals surface area contributed by atoms with E-state index in [1.165, 1.54) is 4.90 Å². The molecule has 3 aliphatic rings. The lowest BCUT2D eigenvalue weighted by molar-refractivity contribution is -0.151. The van der Waals surface area contributed by atoms with Gasteiger partial charge in [0.15, 0.2) is 0 Å². The molecule has 0 aromatic heterocycles. The van der Waals surface area contributed by atoms with E-state index >= 15 is 0 Å². The van der Waals surface area contributed by atoms with E-state index in [0.717, 1.165) is 0 Å². The van der Waals surface area contributed by atoms with Gasteiger partial charge in [0.25, 0.3) is 0 Å². The summed E-state index contributed by atoms with van der Waals surface area (Å²) in [6.07, 6.45) is 0.639. The van der Waals surface area contributed by atoms with Crippen molar-refractivity contribution in [3.05, 3.63) is 0 Å². The predicted octanol–water partition coefficient (Wildman–Crippen LogP) is 0.681. The Balaban J connectivity index is 1.84. The largest absolute Gasteiger partial charge is 0.480 e. The fraction of sp³-hybridized carbons (Fsp3) is 0.857. The number of hydrogen-bond acceptors (Lipinski definition) is 3. The highest BCUT2D eigenvalue weighted by Gasteiger charge is 2.73. The zero-order chi connectivity index (χ0) is 14.4. The maximum Gasteiger partial charge on any atom is 0.326 e. The lowest BCUT2D eigenvalue weighted by Gasteiger charge is -2.31. The lowest BCUT2D eigenvalue weighted by atomic mass is 9.98.